The number of esters is 1. The van der Waals surface area contributed by atoms with Gasteiger partial charge < -0.3 is 97.5 Å². The first-order valence-corrected chi connectivity index (χ1v) is 48.4. The summed E-state index contributed by atoms with van der Waals surface area (Å²) in [7, 11) is -40.1. The van der Waals surface area contributed by atoms with Gasteiger partial charge in [-0.05, 0) is 84.1 Å². The second-order valence-corrected chi connectivity index (χ2v) is 44.0. The number of carbonyl (C=O) groups is 4. The van der Waals surface area contributed by atoms with Crippen molar-refractivity contribution in [3.8, 4) is 23.0 Å². The summed E-state index contributed by atoms with van der Waals surface area (Å²) >= 11 is 6.04. The molecule has 0 radical (unpaired) electrons. The van der Waals surface area contributed by atoms with E-state index in [1.54, 1.807) is 6.92 Å². The van der Waals surface area contributed by atoms with Crippen molar-refractivity contribution in [3.63, 3.8) is 0 Å². The molecule has 44 nitrogen and oxygen atoms in total. The number of unbranched alkanes of at least 4 members (excludes halogenated alkanes) is 1. The van der Waals surface area contributed by atoms with E-state index in [-0.39, 0.29) is 62.9 Å². The zero-order chi connectivity index (χ0) is 93.0. The Labute approximate surface area is 712 Å². The van der Waals surface area contributed by atoms with Crippen molar-refractivity contribution < 1.29 is 207 Å². The molecule has 0 spiro atoms. The van der Waals surface area contributed by atoms with Crippen molar-refractivity contribution in [2.24, 2.45) is 0 Å². The molecule has 0 aliphatic carbocycles. The van der Waals surface area contributed by atoms with E-state index in [1.807, 2.05) is 6.92 Å². The number of methoxy groups -OCH3 is 2. The lowest BCUT2D eigenvalue weighted by atomic mass is 10.2. The molecule has 4 aliphatic rings. The number of halogens is 5. The molecule has 4 aromatic heterocycles. The second kappa shape index (κ2) is 41.2. The van der Waals surface area contributed by atoms with Crippen molar-refractivity contribution in [3.05, 3.63) is 238 Å². The Morgan fingerprint density at radius 2 is 0.730 bits per heavy atom. The molecule has 8 atom stereocenters. The molecular formula is C69H73ClF4N4O40P8. The number of benzene rings is 4. The first-order valence-electron chi connectivity index (χ1n) is 35.4. The van der Waals surface area contributed by atoms with E-state index in [4.69, 9.17) is 57.7 Å². The van der Waals surface area contributed by atoms with Crippen molar-refractivity contribution in [1.29, 1.82) is 0 Å². The molecule has 8 unspecified atom stereocenters. The predicted molar refractivity (Wildman–Crippen MR) is 415 cm³/mol. The molecule has 4 aromatic carbocycles. The number of nitrogens with zero attached hydrogens (tertiary/aromatic N) is 4. The van der Waals surface area contributed by atoms with Crippen LogP contribution in [-0.2, 0) is 122 Å². The van der Waals surface area contributed by atoms with Crippen LogP contribution >= 0.6 is 72.4 Å². The Balaban J connectivity index is 0.000000190. The standard InChI is InChI=1S/C20H23F2NO10P2.C17H18ClNO10P2.C16H15F2NO10P2.C16H17NO10P2/c1-2-3-6-17(24)31-12-30-14-8-15(21)18(16(22)9-14)19-32-34(26,27)20(25,35(28,29)33-19)10-13-5-4-7-23-11-13;1-2-26-16(20)27-14-6-5-12(8-13(14)18)15-28-30(22,23)17(21,31(24,25)29-15)9-11-4-3-7-19-10-11;1-26-15(20)27-10-5-11(17)13(12(18)6-10)14-28-30(22,23)16(21,31(24,25)29-14)7-9-3-2-4-19-8-9;1-24-15(18)25-13-6-4-12(5-7-13)14-26-28(20,21)16(19,29(22,23)27-14)9-11-3-2-8-17-10-11/h4-5,7-9,11,19,25H,2-3,6,10,12H2,1H3,(H,26,27)(H,28,29);3-8,10,15,21H,2,9H2,1H3,(H,22,23)(H,24,25);2-6,8,14,21H,7H2,1H3,(H,22,23)(H,24,25);2-8,10,14,19H,9H2,1H3,(H,20,21)(H,22,23). The van der Waals surface area contributed by atoms with Gasteiger partial charge >= 0.3 is 85.2 Å². The van der Waals surface area contributed by atoms with E-state index < -0.39 is 209 Å². The summed E-state index contributed by atoms with van der Waals surface area (Å²) in [5.74, 6) is -7.44. The molecule has 12 rings (SSSR count). The number of ether oxygens (including phenoxy) is 8. The van der Waals surface area contributed by atoms with Gasteiger partial charge in [0.05, 0.1) is 37.0 Å². The molecule has 0 saturated carbocycles. The zero-order valence-corrected chi connectivity index (χ0v) is 72.7. The molecule has 0 amide bonds. The highest BCUT2D eigenvalue weighted by atomic mass is 35.5. The van der Waals surface area contributed by atoms with Crippen LogP contribution in [0.2, 0.25) is 5.02 Å². The monoisotopic (exact) mass is 1960 g/mol. The van der Waals surface area contributed by atoms with Crippen LogP contribution in [0.1, 0.15) is 103 Å². The molecule has 4 fully saturated rings. The minimum absolute atomic E-state index is 0.0341. The molecular weight excluding hydrogens is 1880 g/mol. The Hall–Kier alpha value is -8.39. The van der Waals surface area contributed by atoms with Crippen LogP contribution in [0.15, 0.2) is 165 Å². The normalized spacial score (nSPS) is 30.3. The number of aliphatic hydroxyl groups is 4. The zero-order valence-electron chi connectivity index (χ0n) is 64.8. The SMILES string of the molecule is CCCCC(=O)OCOc1cc(F)c(C2OP(=O)(O)C(O)(Cc3cccnc3)P(=O)(O)O2)c(F)c1.CCOC(=O)Oc1ccc(C2OP(=O)(O)C(O)(Cc3cccnc3)P(=O)(O)O2)cc1Cl.COC(=O)Oc1cc(F)c(C2OP(=O)(O)C(O)(Cc3cccnc3)P(=O)(O)O2)c(F)c1.COC(=O)Oc1ccc(C2OP(=O)(O)C(O)(Cc3cccnc3)P(=O)(O)O2)cc1. The second-order valence-electron chi connectivity index (χ2n) is 26.2. The van der Waals surface area contributed by atoms with Crippen molar-refractivity contribution >= 4 is 96.8 Å². The lowest BCUT2D eigenvalue weighted by Crippen LogP contribution is -2.38. The van der Waals surface area contributed by atoms with Gasteiger partial charge in [-0.2, -0.15) is 0 Å². The van der Waals surface area contributed by atoms with Crippen molar-refractivity contribution in [2.75, 3.05) is 27.6 Å². The van der Waals surface area contributed by atoms with Gasteiger partial charge in [0.2, 0.25) is 32.0 Å². The third-order valence-corrected chi connectivity index (χ3v) is 36.2. The summed E-state index contributed by atoms with van der Waals surface area (Å²) in [6.07, 6.45) is -2.92. The van der Waals surface area contributed by atoms with Crippen LogP contribution in [0.5, 0.6) is 23.0 Å². The molecule has 8 heterocycles. The molecule has 126 heavy (non-hydrogen) atoms. The van der Waals surface area contributed by atoms with Crippen LogP contribution in [0.4, 0.5) is 31.9 Å². The summed E-state index contributed by atoms with van der Waals surface area (Å²) < 4.78 is 236. The number of rotatable bonds is 22. The van der Waals surface area contributed by atoms with Crippen LogP contribution in [-0.4, -0.2) is 152 Å². The van der Waals surface area contributed by atoms with Gasteiger partial charge in [0.15, 0.2) is 5.75 Å². The summed E-state index contributed by atoms with van der Waals surface area (Å²) in [5, 5.41) is 29.6. The van der Waals surface area contributed by atoms with Crippen molar-refractivity contribution in [1.82, 2.24) is 19.9 Å². The summed E-state index contributed by atoms with van der Waals surface area (Å²) in [6.45, 7) is 2.91. The Morgan fingerprint density at radius 1 is 0.413 bits per heavy atom. The van der Waals surface area contributed by atoms with Gasteiger partial charge in [-0.15, -0.1) is 0 Å². The Bertz CT molecular complexity index is 5540. The van der Waals surface area contributed by atoms with Crippen LogP contribution in [0.25, 0.3) is 0 Å². The largest absolute Gasteiger partial charge is 0.513 e. The average molecular weight is 1960 g/mol. The fraction of sp³-hybridized carbons (Fsp3) is 0.304. The molecule has 57 heteroatoms. The van der Waals surface area contributed by atoms with Crippen molar-refractivity contribution in [2.45, 2.75) is 104 Å². The fourth-order valence-corrected chi connectivity index (χ4v) is 25.5. The van der Waals surface area contributed by atoms with Gasteiger partial charge in [-0.3, -0.25) is 97.4 Å². The molecule has 12 N–H and O–H groups in total. The number of hydrogen-bond donors (Lipinski definition) is 12. The maximum Gasteiger partial charge on any atom is 0.513 e. The van der Waals surface area contributed by atoms with Crippen LogP contribution in [0.3, 0.4) is 0 Å². The highest BCUT2D eigenvalue weighted by molar-refractivity contribution is 7.75. The van der Waals surface area contributed by atoms with Crippen LogP contribution in [0, 0.1) is 23.3 Å². The van der Waals surface area contributed by atoms with Crippen LogP contribution < -0.4 is 18.9 Å². The summed E-state index contributed by atoms with van der Waals surface area (Å²) in [6, 6.07) is 22.4. The predicted octanol–water partition coefficient (Wildman–Crippen LogP) is 12.7. The maximum absolute atomic E-state index is 14.7. The maximum atomic E-state index is 14.7. The Morgan fingerprint density at radius 3 is 1.04 bits per heavy atom. The minimum atomic E-state index is -5.45. The molecule has 8 aromatic rings. The Kier molecular flexibility index (Phi) is 33.1. The first-order chi connectivity index (χ1) is 58.9. The molecule has 4 saturated heterocycles. The molecule has 684 valence electrons. The lowest BCUT2D eigenvalue weighted by Gasteiger charge is -2.41. The highest BCUT2D eigenvalue weighted by Gasteiger charge is 2.71. The van der Waals surface area contributed by atoms with E-state index in [9.17, 15) is 133 Å². The molecule has 0 bridgehead atoms. The quantitative estimate of drug-likeness (QED) is 0.00749. The first kappa shape index (κ1) is 101. The van der Waals surface area contributed by atoms with E-state index >= 15 is 0 Å². The van der Waals surface area contributed by atoms with E-state index in [0.29, 0.717) is 30.7 Å². The van der Waals surface area contributed by atoms with Gasteiger partial charge in [0, 0.05) is 117 Å². The molecule has 4 aliphatic heterocycles. The van der Waals surface area contributed by atoms with Gasteiger partial charge in [0.1, 0.15) is 40.5 Å². The number of pyridine rings is 4. The smallest absolute Gasteiger partial charge is 0.457 e. The minimum Gasteiger partial charge on any atom is -0.457 e. The van der Waals surface area contributed by atoms with Gasteiger partial charge in [-0.25, -0.2) is 31.9 Å². The summed E-state index contributed by atoms with van der Waals surface area (Å²) in [5.41, 5.74) is -1.61. The van der Waals surface area contributed by atoms with E-state index in [2.05, 4.69) is 47.9 Å². The highest BCUT2D eigenvalue weighted by Crippen LogP contribution is 2.83. The number of carbonyl (C=O) groups excluding carboxylic acids is 4. The van der Waals surface area contributed by atoms with E-state index in [0.717, 1.165) is 32.9 Å². The van der Waals surface area contributed by atoms with Gasteiger partial charge in [-0.1, -0.05) is 67.4 Å². The average Bonchev–Trinajstić information content (AvgIpc) is 0.734. The number of aromatic nitrogens is 4. The van der Waals surface area contributed by atoms with Gasteiger partial charge in [0.25, 0.3) is 20.3 Å². The van der Waals surface area contributed by atoms with E-state index in [1.165, 1.54) is 128 Å². The third-order valence-electron chi connectivity index (χ3n) is 17.5. The number of hydrogen-bond acceptors (Lipinski definition) is 36. The topological polar surface area (TPSA) is 647 Å². The third kappa shape index (κ3) is 23.2. The summed E-state index contributed by atoms with van der Waals surface area (Å²) in [4.78, 5) is 142. The fourth-order valence-electron chi connectivity index (χ4n) is 11.0. The lowest BCUT2D eigenvalue weighted by molar-refractivity contribution is -0.150.